The van der Waals surface area contributed by atoms with Crippen LogP contribution in [-0.4, -0.2) is 18.7 Å². The van der Waals surface area contributed by atoms with Crippen molar-refractivity contribution in [1.29, 1.82) is 0 Å². The highest BCUT2D eigenvalue weighted by molar-refractivity contribution is 6.06. The third kappa shape index (κ3) is 2.23. The van der Waals surface area contributed by atoms with E-state index in [0.29, 0.717) is 0 Å². The molecule has 1 aliphatic heterocycles. The molecule has 4 heteroatoms. The van der Waals surface area contributed by atoms with Crippen molar-refractivity contribution in [2.24, 2.45) is 16.9 Å². The molecule has 1 aromatic carbocycles. The van der Waals surface area contributed by atoms with Crippen LogP contribution in [0, 0.1) is 11.8 Å². The number of benzene rings is 1. The monoisotopic (exact) mass is 258 g/mol. The molecule has 1 amide bonds. The average molecular weight is 258 g/mol. The topological polar surface area (TPSA) is 50.7 Å². The van der Waals surface area contributed by atoms with Gasteiger partial charge in [0.15, 0.2) is 0 Å². The summed E-state index contributed by atoms with van der Waals surface area (Å²) < 4.78 is 5.17. The second kappa shape index (κ2) is 5.03. The first-order valence-corrected chi connectivity index (χ1v) is 6.81. The van der Waals surface area contributed by atoms with Crippen LogP contribution in [0.4, 0.5) is 0 Å². The van der Waals surface area contributed by atoms with Crippen LogP contribution in [0.15, 0.2) is 29.4 Å². The van der Waals surface area contributed by atoms with Crippen molar-refractivity contribution in [2.75, 3.05) is 7.11 Å². The van der Waals surface area contributed by atoms with Gasteiger partial charge >= 0.3 is 0 Å². The van der Waals surface area contributed by atoms with Crippen molar-refractivity contribution in [1.82, 2.24) is 5.43 Å². The molecule has 2 unspecified atom stereocenters. The van der Waals surface area contributed by atoms with Crippen LogP contribution < -0.4 is 10.2 Å². The van der Waals surface area contributed by atoms with Crippen molar-refractivity contribution in [3.05, 3.63) is 29.8 Å². The van der Waals surface area contributed by atoms with Gasteiger partial charge in [0.25, 0.3) is 0 Å². The summed E-state index contributed by atoms with van der Waals surface area (Å²) in [5.74, 6) is 1.30. The fourth-order valence-electron chi connectivity index (χ4n) is 3.09. The van der Waals surface area contributed by atoms with E-state index in [2.05, 4.69) is 10.5 Å². The van der Waals surface area contributed by atoms with Crippen molar-refractivity contribution in [3.8, 4) is 5.75 Å². The van der Waals surface area contributed by atoms with E-state index >= 15 is 0 Å². The normalized spacial score (nSPS) is 26.2. The predicted molar refractivity (Wildman–Crippen MR) is 73.1 cm³/mol. The molecule has 1 aliphatic carbocycles. The molecule has 2 atom stereocenters. The number of hydrazone groups is 1. The SMILES string of the molecule is COc1ccc(C2=NNC(=O)C3CCCCC23)cc1. The second-order valence-corrected chi connectivity index (χ2v) is 5.20. The van der Waals surface area contributed by atoms with Crippen LogP contribution in [0.2, 0.25) is 0 Å². The van der Waals surface area contributed by atoms with E-state index < -0.39 is 0 Å². The molecule has 2 aliphatic rings. The fourth-order valence-corrected chi connectivity index (χ4v) is 3.09. The van der Waals surface area contributed by atoms with Crippen molar-refractivity contribution < 1.29 is 9.53 Å². The zero-order chi connectivity index (χ0) is 13.2. The molecule has 1 aromatic rings. The van der Waals surface area contributed by atoms with Crippen LogP contribution >= 0.6 is 0 Å². The molecule has 0 saturated heterocycles. The molecular weight excluding hydrogens is 240 g/mol. The maximum atomic E-state index is 11.9. The number of carbonyl (C=O) groups is 1. The quantitative estimate of drug-likeness (QED) is 0.885. The van der Waals surface area contributed by atoms with E-state index in [1.54, 1.807) is 7.11 Å². The lowest BCUT2D eigenvalue weighted by Gasteiger charge is -2.34. The number of methoxy groups -OCH3 is 1. The molecular formula is C15H18N2O2. The minimum atomic E-state index is 0.0851. The van der Waals surface area contributed by atoms with E-state index in [9.17, 15) is 4.79 Å². The van der Waals surface area contributed by atoms with Gasteiger partial charge in [-0.2, -0.15) is 5.10 Å². The highest BCUT2D eigenvalue weighted by Crippen LogP contribution is 2.35. The second-order valence-electron chi connectivity index (χ2n) is 5.20. The molecule has 1 N–H and O–H groups in total. The van der Waals surface area contributed by atoms with Crippen molar-refractivity contribution in [3.63, 3.8) is 0 Å². The number of rotatable bonds is 2. The predicted octanol–water partition coefficient (Wildman–Crippen LogP) is 2.34. The third-order valence-corrected chi connectivity index (χ3v) is 4.13. The standard InChI is InChI=1S/C15H18N2O2/c1-19-11-8-6-10(7-9-11)14-12-4-2-3-5-13(12)15(18)17-16-14/h6-9,12-13H,2-5H2,1H3,(H,17,18). The summed E-state index contributed by atoms with van der Waals surface area (Å²) in [6, 6.07) is 7.90. The number of fused-ring (bicyclic) bond motifs is 1. The minimum Gasteiger partial charge on any atom is -0.497 e. The Kier molecular flexibility index (Phi) is 3.23. The minimum absolute atomic E-state index is 0.0851. The molecule has 0 radical (unpaired) electrons. The van der Waals surface area contributed by atoms with Gasteiger partial charge in [-0.15, -0.1) is 0 Å². The highest BCUT2D eigenvalue weighted by Gasteiger charge is 2.37. The van der Waals surface area contributed by atoms with Gasteiger partial charge in [-0.3, -0.25) is 4.79 Å². The Bertz CT molecular complexity index is 507. The maximum absolute atomic E-state index is 11.9. The Labute approximate surface area is 112 Å². The van der Waals surface area contributed by atoms with E-state index in [0.717, 1.165) is 36.3 Å². The van der Waals surface area contributed by atoms with Crippen LogP contribution in [-0.2, 0) is 4.79 Å². The number of ether oxygens (including phenoxy) is 1. The van der Waals surface area contributed by atoms with E-state index in [-0.39, 0.29) is 17.7 Å². The van der Waals surface area contributed by atoms with Gasteiger partial charge < -0.3 is 4.74 Å². The molecule has 0 bridgehead atoms. The van der Waals surface area contributed by atoms with Crippen LogP contribution in [0.3, 0.4) is 0 Å². The largest absolute Gasteiger partial charge is 0.497 e. The number of nitrogens with one attached hydrogen (secondary N) is 1. The summed E-state index contributed by atoms with van der Waals surface area (Å²) in [5, 5.41) is 4.30. The van der Waals surface area contributed by atoms with E-state index in [1.807, 2.05) is 24.3 Å². The maximum Gasteiger partial charge on any atom is 0.243 e. The zero-order valence-corrected chi connectivity index (χ0v) is 11.1. The molecule has 1 saturated carbocycles. The fraction of sp³-hybridized carbons (Fsp3) is 0.467. The lowest BCUT2D eigenvalue weighted by molar-refractivity contribution is -0.127. The number of hydrogen-bond acceptors (Lipinski definition) is 3. The van der Waals surface area contributed by atoms with Crippen molar-refractivity contribution in [2.45, 2.75) is 25.7 Å². The summed E-state index contributed by atoms with van der Waals surface area (Å²) >= 11 is 0. The van der Waals surface area contributed by atoms with Crippen molar-refractivity contribution >= 4 is 11.6 Å². The summed E-state index contributed by atoms with van der Waals surface area (Å²) in [7, 11) is 1.66. The smallest absolute Gasteiger partial charge is 0.243 e. The number of nitrogens with zero attached hydrogens (tertiary/aromatic N) is 1. The molecule has 100 valence electrons. The van der Waals surface area contributed by atoms with Gasteiger partial charge in [0, 0.05) is 11.8 Å². The first-order chi connectivity index (χ1) is 9.29. The van der Waals surface area contributed by atoms with Crippen LogP contribution in [0.5, 0.6) is 5.75 Å². The number of amides is 1. The van der Waals surface area contributed by atoms with E-state index in [4.69, 9.17) is 4.74 Å². The molecule has 0 spiro atoms. The molecule has 19 heavy (non-hydrogen) atoms. The lowest BCUT2D eigenvalue weighted by atomic mass is 9.74. The summed E-state index contributed by atoms with van der Waals surface area (Å²) in [6.45, 7) is 0. The first kappa shape index (κ1) is 12.2. The Balaban J connectivity index is 1.91. The van der Waals surface area contributed by atoms with E-state index in [1.165, 1.54) is 6.42 Å². The zero-order valence-electron chi connectivity index (χ0n) is 11.1. The van der Waals surface area contributed by atoms with Gasteiger partial charge in [-0.1, -0.05) is 12.8 Å². The number of hydrogen-bond donors (Lipinski definition) is 1. The van der Waals surface area contributed by atoms with Gasteiger partial charge in [0.2, 0.25) is 5.91 Å². The molecule has 1 heterocycles. The average Bonchev–Trinajstić information content (AvgIpc) is 2.48. The molecule has 0 aromatic heterocycles. The Morgan fingerprint density at radius 3 is 2.53 bits per heavy atom. The Morgan fingerprint density at radius 1 is 1.16 bits per heavy atom. The molecule has 4 nitrogen and oxygen atoms in total. The third-order valence-electron chi connectivity index (χ3n) is 4.13. The molecule has 1 fully saturated rings. The Hall–Kier alpha value is -1.84. The van der Waals surface area contributed by atoms with Gasteiger partial charge in [0.1, 0.15) is 5.75 Å². The van der Waals surface area contributed by atoms with Crippen LogP contribution in [0.1, 0.15) is 31.2 Å². The summed E-state index contributed by atoms with van der Waals surface area (Å²) in [4.78, 5) is 11.9. The van der Waals surface area contributed by atoms with Gasteiger partial charge in [0.05, 0.1) is 12.8 Å². The highest BCUT2D eigenvalue weighted by atomic mass is 16.5. The molecule has 3 rings (SSSR count). The lowest BCUT2D eigenvalue weighted by Crippen LogP contribution is -2.43. The Morgan fingerprint density at radius 2 is 1.84 bits per heavy atom. The van der Waals surface area contributed by atoms with Gasteiger partial charge in [-0.25, -0.2) is 5.43 Å². The first-order valence-electron chi connectivity index (χ1n) is 6.81. The van der Waals surface area contributed by atoms with Gasteiger partial charge in [-0.05, 0) is 42.7 Å². The number of carbonyl (C=O) groups excluding carboxylic acids is 1. The summed E-state index contributed by atoms with van der Waals surface area (Å²) in [5.41, 5.74) is 4.78. The van der Waals surface area contributed by atoms with Crippen LogP contribution in [0.25, 0.3) is 0 Å². The summed E-state index contributed by atoms with van der Waals surface area (Å²) in [6.07, 6.45) is 4.36.